The number of hydrogen-bond donors (Lipinski definition) is 1. The summed E-state index contributed by atoms with van der Waals surface area (Å²) in [5.41, 5.74) is 1.39. The highest BCUT2D eigenvalue weighted by atomic mass is 16.5. The van der Waals surface area contributed by atoms with Gasteiger partial charge in [-0.15, -0.1) is 0 Å². The van der Waals surface area contributed by atoms with Crippen LogP contribution in [0.15, 0.2) is 30.3 Å². The van der Waals surface area contributed by atoms with Crippen molar-refractivity contribution in [1.82, 2.24) is 10.2 Å². The number of nitrogens with one attached hydrogen (secondary N) is 1. The summed E-state index contributed by atoms with van der Waals surface area (Å²) in [4.78, 5) is 2.54. The van der Waals surface area contributed by atoms with Crippen molar-refractivity contribution in [3.63, 3.8) is 0 Å². The zero-order valence-electron chi connectivity index (χ0n) is 12.8. The third-order valence-corrected chi connectivity index (χ3v) is 4.08. The summed E-state index contributed by atoms with van der Waals surface area (Å²) < 4.78 is 5.53. The highest BCUT2D eigenvalue weighted by molar-refractivity contribution is 5.19. The van der Waals surface area contributed by atoms with Crippen LogP contribution in [0.1, 0.15) is 37.8 Å². The lowest BCUT2D eigenvalue weighted by Crippen LogP contribution is -2.43. The van der Waals surface area contributed by atoms with Gasteiger partial charge >= 0.3 is 0 Å². The Hall–Kier alpha value is -0.900. The number of methoxy groups -OCH3 is 1. The largest absolute Gasteiger partial charge is 0.380 e. The molecular weight excluding hydrogens is 248 g/mol. The summed E-state index contributed by atoms with van der Waals surface area (Å²) in [7, 11) is 1.83. The van der Waals surface area contributed by atoms with Gasteiger partial charge in [-0.05, 0) is 37.9 Å². The van der Waals surface area contributed by atoms with Crippen LogP contribution in [-0.2, 0) is 4.74 Å². The van der Waals surface area contributed by atoms with Gasteiger partial charge in [-0.3, -0.25) is 4.90 Å². The number of nitrogens with zero attached hydrogens (tertiary/aromatic N) is 1. The van der Waals surface area contributed by atoms with Gasteiger partial charge in [-0.25, -0.2) is 0 Å². The topological polar surface area (TPSA) is 24.5 Å². The van der Waals surface area contributed by atoms with Gasteiger partial charge in [0.1, 0.15) is 0 Å². The molecule has 1 N–H and O–H groups in total. The lowest BCUT2D eigenvalue weighted by molar-refractivity contribution is 0.0280. The Kier molecular flexibility index (Phi) is 6.51. The van der Waals surface area contributed by atoms with Crippen LogP contribution in [-0.4, -0.2) is 44.3 Å². The van der Waals surface area contributed by atoms with Crippen molar-refractivity contribution in [2.75, 3.05) is 33.3 Å². The van der Waals surface area contributed by atoms with Crippen LogP contribution in [0.25, 0.3) is 0 Å². The Morgan fingerprint density at radius 3 is 2.85 bits per heavy atom. The van der Waals surface area contributed by atoms with E-state index in [1.165, 1.54) is 31.4 Å². The second kappa shape index (κ2) is 8.40. The fourth-order valence-electron chi connectivity index (χ4n) is 2.92. The second-order valence-electron chi connectivity index (χ2n) is 5.68. The average molecular weight is 276 g/mol. The fourth-order valence-corrected chi connectivity index (χ4v) is 2.92. The van der Waals surface area contributed by atoms with E-state index >= 15 is 0 Å². The Bertz CT molecular complexity index is 369. The SMILES string of the molecule is CCCNC(CN1CCCC(OC)C1)c1ccccc1. The van der Waals surface area contributed by atoms with Gasteiger partial charge in [0.2, 0.25) is 0 Å². The van der Waals surface area contributed by atoms with Crippen molar-refractivity contribution in [1.29, 1.82) is 0 Å². The third-order valence-electron chi connectivity index (χ3n) is 4.08. The number of benzene rings is 1. The Morgan fingerprint density at radius 2 is 2.15 bits per heavy atom. The lowest BCUT2D eigenvalue weighted by atomic mass is 10.0. The molecule has 0 spiro atoms. The first-order valence-corrected chi connectivity index (χ1v) is 7.87. The molecule has 2 rings (SSSR count). The fraction of sp³-hybridized carbons (Fsp3) is 0.647. The molecule has 0 aliphatic carbocycles. The lowest BCUT2D eigenvalue weighted by Gasteiger charge is -2.34. The van der Waals surface area contributed by atoms with Gasteiger partial charge in [0.15, 0.2) is 0 Å². The van der Waals surface area contributed by atoms with Gasteiger partial charge in [0.05, 0.1) is 6.10 Å². The molecule has 1 aliphatic heterocycles. The molecule has 0 saturated carbocycles. The maximum absolute atomic E-state index is 5.53. The number of piperidine rings is 1. The highest BCUT2D eigenvalue weighted by Crippen LogP contribution is 2.18. The van der Waals surface area contributed by atoms with Gasteiger partial charge in [-0.1, -0.05) is 37.3 Å². The molecule has 112 valence electrons. The summed E-state index contributed by atoms with van der Waals surface area (Å²) in [6.45, 7) is 6.62. The molecule has 3 heteroatoms. The molecule has 0 radical (unpaired) electrons. The molecule has 2 unspecified atom stereocenters. The summed E-state index contributed by atoms with van der Waals surface area (Å²) in [5, 5.41) is 3.68. The molecule has 0 amide bonds. The monoisotopic (exact) mass is 276 g/mol. The molecule has 3 nitrogen and oxygen atoms in total. The quantitative estimate of drug-likeness (QED) is 0.829. The first-order valence-electron chi connectivity index (χ1n) is 7.87. The summed E-state index contributed by atoms with van der Waals surface area (Å²) in [6.07, 6.45) is 4.02. The summed E-state index contributed by atoms with van der Waals surface area (Å²) >= 11 is 0. The third kappa shape index (κ3) is 4.58. The van der Waals surface area contributed by atoms with Crippen LogP contribution < -0.4 is 5.32 Å². The van der Waals surface area contributed by atoms with Crippen molar-refractivity contribution in [3.8, 4) is 0 Å². The molecule has 2 atom stereocenters. The van der Waals surface area contributed by atoms with E-state index in [1.807, 2.05) is 7.11 Å². The number of rotatable bonds is 7. The first-order chi connectivity index (χ1) is 9.83. The van der Waals surface area contributed by atoms with Crippen molar-refractivity contribution < 1.29 is 4.74 Å². The Labute approximate surface area is 123 Å². The average Bonchev–Trinajstić information content (AvgIpc) is 2.52. The number of ether oxygens (including phenoxy) is 1. The molecule has 0 aromatic heterocycles. The van der Waals surface area contributed by atoms with Crippen molar-refractivity contribution >= 4 is 0 Å². The minimum atomic E-state index is 0.409. The molecule has 1 aromatic carbocycles. The molecule has 1 saturated heterocycles. The van der Waals surface area contributed by atoms with Crippen LogP contribution in [0.2, 0.25) is 0 Å². The van der Waals surface area contributed by atoms with Crippen LogP contribution >= 0.6 is 0 Å². The van der Waals surface area contributed by atoms with Crippen molar-refractivity contribution in [3.05, 3.63) is 35.9 Å². The molecule has 1 heterocycles. The van der Waals surface area contributed by atoms with Gasteiger partial charge in [0.25, 0.3) is 0 Å². The molecule has 1 aromatic rings. The first kappa shape index (κ1) is 15.5. The van der Waals surface area contributed by atoms with E-state index in [-0.39, 0.29) is 0 Å². The maximum atomic E-state index is 5.53. The van der Waals surface area contributed by atoms with E-state index in [9.17, 15) is 0 Å². The van der Waals surface area contributed by atoms with Gasteiger partial charge in [0, 0.05) is 26.2 Å². The van der Waals surface area contributed by atoms with Crippen LogP contribution in [0, 0.1) is 0 Å². The van der Waals surface area contributed by atoms with E-state index in [1.54, 1.807) is 0 Å². The molecule has 1 fully saturated rings. The second-order valence-corrected chi connectivity index (χ2v) is 5.68. The minimum Gasteiger partial charge on any atom is -0.380 e. The highest BCUT2D eigenvalue weighted by Gasteiger charge is 2.22. The molecular formula is C17H28N2O. The Balaban J connectivity index is 1.96. The van der Waals surface area contributed by atoms with Crippen molar-refractivity contribution in [2.24, 2.45) is 0 Å². The number of hydrogen-bond acceptors (Lipinski definition) is 3. The molecule has 1 aliphatic rings. The van der Waals surface area contributed by atoms with E-state index in [0.29, 0.717) is 12.1 Å². The normalized spacial score (nSPS) is 21.8. The maximum Gasteiger partial charge on any atom is 0.0698 e. The van der Waals surface area contributed by atoms with E-state index in [2.05, 4.69) is 47.5 Å². The Morgan fingerprint density at radius 1 is 1.35 bits per heavy atom. The number of likely N-dealkylation sites (tertiary alicyclic amines) is 1. The standard InChI is InChI=1S/C17H28N2O/c1-3-11-18-17(15-8-5-4-6-9-15)14-19-12-7-10-16(13-19)20-2/h4-6,8-9,16-18H,3,7,10-14H2,1-2H3. The van der Waals surface area contributed by atoms with E-state index < -0.39 is 0 Å². The zero-order valence-corrected chi connectivity index (χ0v) is 12.8. The predicted molar refractivity (Wildman–Crippen MR) is 83.9 cm³/mol. The van der Waals surface area contributed by atoms with Crippen LogP contribution in [0.3, 0.4) is 0 Å². The zero-order chi connectivity index (χ0) is 14.2. The van der Waals surface area contributed by atoms with Gasteiger partial charge in [-0.2, -0.15) is 0 Å². The van der Waals surface area contributed by atoms with Crippen LogP contribution in [0.4, 0.5) is 0 Å². The summed E-state index contributed by atoms with van der Waals surface area (Å²) in [5.74, 6) is 0. The molecule has 20 heavy (non-hydrogen) atoms. The van der Waals surface area contributed by atoms with Gasteiger partial charge < -0.3 is 10.1 Å². The van der Waals surface area contributed by atoms with E-state index in [0.717, 1.165) is 19.6 Å². The molecule has 0 bridgehead atoms. The smallest absolute Gasteiger partial charge is 0.0698 e. The summed E-state index contributed by atoms with van der Waals surface area (Å²) in [6, 6.07) is 11.2. The van der Waals surface area contributed by atoms with Crippen LogP contribution in [0.5, 0.6) is 0 Å². The minimum absolute atomic E-state index is 0.409. The van der Waals surface area contributed by atoms with E-state index in [4.69, 9.17) is 4.74 Å². The predicted octanol–water partition coefficient (Wildman–Crippen LogP) is 2.84. The van der Waals surface area contributed by atoms with Crippen molar-refractivity contribution in [2.45, 2.75) is 38.3 Å².